The van der Waals surface area contributed by atoms with Crippen molar-refractivity contribution in [2.24, 2.45) is 11.8 Å². The Hall–Kier alpha value is -0.960. The van der Waals surface area contributed by atoms with Crippen molar-refractivity contribution in [2.75, 3.05) is 39.3 Å². The zero-order valence-corrected chi connectivity index (χ0v) is 18.4. The van der Waals surface area contributed by atoms with Crippen LogP contribution in [0.3, 0.4) is 0 Å². The molecule has 2 aliphatic rings. The number of hydrogen-bond acceptors (Lipinski definition) is 5. The lowest BCUT2D eigenvalue weighted by Gasteiger charge is -2.31. The summed E-state index contributed by atoms with van der Waals surface area (Å²) in [4.78, 5) is 14.7. The maximum absolute atomic E-state index is 12.6. The molecule has 1 N–H and O–H groups in total. The molecule has 0 bridgehead atoms. The maximum atomic E-state index is 12.6. The summed E-state index contributed by atoms with van der Waals surface area (Å²) < 4.78 is 27.1. The molecule has 0 saturated carbocycles. The van der Waals surface area contributed by atoms with Crippen molar-refractivity contribution < 1.29 is 13.2 Å². The maximum Gasteiger partial charge on any atom is 0.252 e. The van der Waals surface area contributed by atoms with Crippen molar-refractivity contribution in [3.8, 4) is 0 Å². The summed E-state index contributed by atoms with van der Waals surface area (Å²) >= 11 is 1.26. The quantitative estimate of drug-likeness (QED) is 0.648. The van der Waals surface area contributed by atoms with Crippen molar-refractivity contribution >= 4 is 27.3 Å². The van der Waals surface area contributed by atoms with Gasteiger partial charge in [-0.25, -0.2) is 8.42 Å². The monoisotopic (exact) mass is 427 g/mol. The average molecular weight is 428 g/mol. The van der Waals surface area contributed by atoms with E-state index < -0.39 is 10.0 Å². The summed E-state index contributed by atoms with van der Waals surface area (Å²) in [7, 11) is -3.36. The standard InChI is InChI=1S/C20H33N3O3S2/c1-17-5-2-10-22(16-17)11-4-9-21-19(24)15-18-7-12-23(13-8-18)28(25,26)20-6-3-14-27-20/h3,6,14,17-18H,2,4-5,7-13,15-16H2,1H3,(H,21,24)/t17-/m1/s1. The minimum absolute atomic E-state index is 0.103. The van der Waals surface area contributed by atoms with Gasteiger partial charge in [-0.2, -0.15) is 4.31 Å². The minimum atomic E-state index is -3.36. The highest BCUT2D eigenvalue weighted by Crippen LogP contribution is 2.27. The fourth-order valence-corrected chi connectivity index (χ4v) is 6.86. The van der Waals surface area contributed by atoms with Gasteiger partial charge in [0.05, 0.1) is 0 Å². The number of thiophene rings is 1. The number of likely N-dealkylation sites (tertiary alicyclic amines) is 1. The second-order valence-electron chi connectivity index (χ2n) is 8.24. The van der Waals surface area contributed by atoms with Gasteiger partial charge in [0.1, 0.15) is 4.21 Å². The predicted molar refractivity (Wildman–Crippen MR) is 113 cm³/mol. The van der Waals surface area contributed by atoms with Gasteiger partial charge in [0.2, 0.25) is 5.91 Å². The van der Waals surface area contributed by atoms with Crippen LogP contribution >= 0.6 is 11.3 Å². The van der Waals surface area contributed by atoms with Gasteiger partial charge < -0.3 is 10.2 Å². The van der Waals surface area contributed by atoms with E-state index in [0.29, 0.717) is 23.7 Å². The summed E-state index contributed by atoms with van der Waals surface area (Å²) in [5.41, 5.74) is 0. The van der Waals surface area contributed by atoms with Crippen molar-refractivity contribution in [3.63, 3.8) is 0 Å². The fourth-order valence-electron chi connectivity index (χ4n) is 4.25. The van der Waals surface area contributed by atoms with Crippen LogP contribution in [0.2, 0.25) is 0 Å². The average Bonchev–Trinajstić information content (AvgIpc) is 3.21. The predicted octanol–water partition coefficient (Wildman–Crippen LogP) is 2.78. The molecule has 0 aliphatic carbocycles. The molecule has 8 heteroatoms. The number of piperidine rings is 2. The number of hydrogen-bond donors (Lipinski definition) is 1. The van der Waals surface area contributed by atoms with Gasteiger partial charge in [-0.05, 0) is 68.5 Å². The third-order valence-corrected chi connectivity index (χ3v) is 9.12. The molecular formula is C20H33N3O3S2. The minimum Gasteiger partial charge on any atom is -0.356 e. The van der Waals surface area contributed by atoms with Gasteiger partial charge in [-0.15, -0.1) is 11.3 Å². The molecule has 0 unspecified atom stereocenters. The second-order valence-corrected chi connectivity index (χ2v) is 11.3. The van der Waals surface area contributed by atoms with Crippen LogP contribution in [0.4, 0.5) is 0 Å². The third kappa shape index (κ3) is 6.02. The highest BCUT2D eigenvalue weighted by molar-refractivity contribution is 7.91. The molecule has 2 fully saturated rings. The van der Waals surface area contributed by atoms with Crippen molar-refractivity contribution in [3.05, 3.63) is 17.5 Å². The number of sulfonamides is 1. The molecule has 2 aliphatic heterocycles. The van der Waals surface area contributed by atoms with E-state index in [1.54, 1.807) is 21.8 Å². The largest absolute Gasteiger partial charge is 0.356 e. The summed E-state index contributed by atoms with van der Waals surface area (Å²) in [5.74, 6) is 1.17. The Morgan fingerprint density at radius 2 is 2.04 bits per heavy atom. The molecule has 3 rings (SSSR count). The van der Waals surface area contributed by atoms with Gasteiger partial charge in [0, 0.05) is 32.6 Å². The van der Waals surface area contributed by atoms with E-state index in [9.17, 15) is 13.2 Å². The van der Waals surface area contributed by atoms with E-state index in [1.807, 2.05) is 0 Å². The van der Waals surface area contributed by atoms with Crippen molar-refractivity contribution in [1.82, 2.24) is 14.5 Å². The Morgan fingerprint density at radius 1 is 1.25 bits per heavy atom. The molecule has 28 heavy (non-hydrogen) atoms. The Bertz CT molecular complexity index is 713. The van der Waals surface area contributed by atoms with Crippen LogP contribution < -0.4 is 5.32 Å². The summed E-state index contributed by atoms with van der Waals surface area (Å²) in [5, 5.41) is 4.84. The number of carbonyl (C=O) groups is 1. The van der Waals surface area contributed by atoms with E-state index in [0.717, 1.165) is 38.3 Å². The molecule has 2 saturated heterocycles. The molecule has 1 amide bonds. The van der Waals surface area contributed by atoms with Gasteiger partial charge in [-0.1, -0.05) is 13.0 Å². The van der Waals surface area contributed by atoms with E-state index >= 15 is 0 Å². The highest BCUT2D eigenvalue weighted by atomic mass is 32.2. The van der Waals surface area contributed by atoms with Crippen LogP contribution in [0.1, 0.15) is 45.4 Å². The van der Waals surface area contributed by atoms with E-state index in [1.165, 1.54) is 37.3 Å². The number of carbonyl (C=O) groups excluding carboxylic acids is 1. The third-order valence-electron chi connectivity index (χ3n) is 5.85. The summed E-state index contributed by atoms with van der Waals surface area (Å²) in [6.07, 6.45) is 5.63. The fraction of sp³-hybridized carbons (Fsp3) is 0.750. The van der Waals surface area contributed by atoms with Gasteiger partial charge in [0.25, 0.3) is 10.0 Å². The molecular weight excluding hydrogens is 394 g/mol. The molecule has 0 aromatic carbocycles. The van der Waals surface area contributed by atoms with Crippen LogP contribution in [0, 0.1) is 11.8 Å². The first-order chi connectivity index (χ1) is 13.4. The molecule has 6 nitrogen and oxygen atoms in total. The normalized spacial score (nSPS) is 23.0. The zero-order chi connectivity index (χ0) is 20.0. The van der Waals surface area contributed by atoms with Crippen LogP contribution in [0.25, 0.3) is 0 Å². The van der Waals surface area contributed by atoms with Crippen LogP contribution in [0.15, 0.2) is 21.7 Å². The SMILES string of the molecule is C[C@@H]1CCCN(CCCNC(=O)CC2CCN(S(=O)(=O)c3cccs3)CC2)C1. The molecule has 1 atom stereocenters. The van der Waals surface area contributed by atoms with Crippen LogP contribution in [-0.2, 0) is 14.8 Å². The zero-order valence-electron chi connectivity index (χ0n) is 16.8. The lowest BCUT2D eigenvalue weighted by molar-refractivity contribution is -0.122. The van der Waals surface area contributed by atoms with Gasteiger partial charge >= 0.3 is 0 Å². The Kier molecular flexibility index (Phi) is 7.91. The van der Waals surface area contributed by atoms with Crippen molar-refractivity contribution in [1.29, 1.82) is 0 Å². The van der Waals surface area contributed by atoms with Crippen LogP contribution in [-0.4, -0.2) is 62.8 Å². The van der Waals surface area contributed by atoms with Crippen molar-refractivity contribution in [2.45, 2.75) is 49.7 Å². The highest BCUT2D eigenvalue weighted by Gasteiger charge is 2.30. The first-order valence-corrected chi connectivity index (χ1v) is 12.8. The van der Waals surface area contributed by atoms with Gasteiger partial charge in [-0.3, -0.25) is 4.79 Å². The lowest BCUT2D eigenvalue weighted by atomic mass is 9.94. The van der Waals surface area contributed by atoms with E-state index in [-0.39, 0.29) is 11.8 Å². The second kappa shape index (κ2) is 10.2. The molecule has 0 spiro atoms. The van der Waals surface area contributed by atoms with E-state index in [2.05, 4.69) is 17.1 Å². The Balaban J connectivity index is 1.32. The lowest BCUT2D eigenvalue weighted by Crippen LogP contribution is -2.39. The van der Waals surface area contributed by atoms with Gasteiger partial charge in [0.15, 0.2) is 0 Å². The number of nitrogens with zero attached hydrogens (tertiary/aromatic N) is 2. The molecule has 158 valence electrons. The molecule has 0 radical (unpaired) electrons. The first-order valence-electron chi connectivity index (χ1n) is 10.5. The number of nitrogens with one attached hydrogen (secondary N) is 1. The van der Waals surface area contributed by atoms with Crippen LogP contribution in [0.5, 0.6) is 0 Å². The first kappa shape index (κ1) is 21.7. The Morgan fingerprint density at radius 3 is 2.71 bits per heavy atom. The smallest absolute Gasteiger partial charge is 0.252 e. The Labute approximate surface area is 173 Å². The molecule has 1 aromatic rings. The van der Waals surface area contributed by atoms with E-state index in [4.69, 9.17) is 0 Å². The number of rotatable bonds is 8. The molecule has 1 aromatic heterocycles. The number of amides is 1. The summed E-state index contributed by atoms with van der Waals surface area (Å²) in [6, 6.07) is 3.42. The molecule has 3 heterocycles. The summed E-state index contributed by atoms with van der Waals surface area (Å²) in [6.45, 7) is 7.48. The topological polar surface area (TPSA) is 69.7 Å².